The molecule has 0 amide bonds. The molecular formula is C13H21N. The van der Waals surface area contributed by atoms with E-state index >= 15 is 0 Å². The van der Waals surface area contributed by atoms with Crippen LogP contribution in [0.5, 0.6) is 0 Å². The third-order valence-corrected chi connectivity index (χ3v) is 3.86. The van der Waals surface area contributed by atoms with Crippen molar-refractivity contribution in [3.05, 3.63) is 11.8 Å². The smallest absolute Gasteiger partial charge is 0.0291 e. The van der Waals surface area contributed by atoms with Crippen LogP contribution in [-0.2, 0) is 0 Å². The monoisotopic (exact) mass is 191 g/mol. The van der Waals surface area contributed by atoms with Gasteiger partial charge < -0.3 is 4.90 Å². The molecule has 0 spiro atoms. The molecule has 3 aliphatic rings. The molecule has 0 unspecified atom stereocenters. The molecule has 1 atom stereocenters. The van der Waals surface area contributed by atoms with Gasteiger partial charge in [0.05, 0.1) is 0 Å². The Morgan fingerprint density at radius 3 is 2.14 bits per heavy atom. The first kappa shape index (κ1) is 8.82. The minimum Gasteiger partial charge on any atom is -0.369 e. The predicted octanol–water partition coefficient (Wildman–Crippen LogP) is 3.32. The van der Waals surface area contributed by atoms with Crippen LogP contribution < -0.4 is 0 Å². The summed E-state index contributed by atoms with van der Waals surface area (Å²) in [4.78, 5) is 2.78. The Morgan fingerprint density at radius 2 is 1.71 bits per heavy atom. The lowest BCUT2D eigenvalue weighted by molar-refractivity contribution is 0.293. The molecule has 3 aliphatic carbocycles. The number of hydrogen-bond acceptors (Lipinski definition) is 1. The quantitative estimate of drug-likeness (QED) is 0.661. The second-order valence-corrected chi connectivity index (χ2v) is 5.44. The van der Waals surface area contributed by atoms with Gasteiger partial charge in [-0.25, -0.2) is 0 Å². The van der Waals surface area contributed by atoms with E-state index in [1.165, 1.54) is 44.9 Å². The van der Waals surface area contributed by atoms with Gasteiger partial charge in [0.25, 0.3) is 0 Å². The molecule has 0 aromatic rings. The summed E-state index contributed by atoms with van der Waals surface area (Å²) in [5.74, 6) is 0.930. The highest BCUT2D eigenvalue weighted by atomic mass is 15.2. The van der Waals surface area contributed by atoms with E-state index < -0.39 is 0 Å². The number of hydrogen-bond donors (Lipinski definition) is 0. The van der Waals surface area contributed by atoms with E-state index in [1.807, 2.05) is 0 Å². The zero-order valence-electron chi connectivity index (χ0n) is 9.21. The normalized spacial score (nSPS) is 32.6. The first-order chi connectivity index (χ1) is 6.84. The van der Waals surface area contributed by atoms with Gasteiger partial charge in [-0.3, -0.25) is 0 Å². The topological polar surface area (TPSA) is 3.24 Å². The van der Waals surface area contributed by atoms with Crippen LogP contribution in [0.2, 0.25) is 0 Å². The largest absolute Gasteiger partial charge is 0.369 e. The number of nitrogens with zero attached hydrogens (tertiary/aromatic N) is 1. The maximum absolute atomic E-state index is 2.78. The minimum atomic E-state index is 0.930. The van der Waals surface area contributed by atoms with Gasteiger partial charge in [-0.15, -0.1) is 0 Å². The van der Waals surface area contributed by atoms with Crippen LogP contribution in [0.4, 0.5) is 0 Å². The van der Waals surface area contributed by atoms with E-state index in [9.17, 15) is 0 Å². The molecule has 0 aromatic heterocycles. The standard InChI is InChI=1S/C13H21N/c1-10-2-4-11(5-3-10)14(12-6-7-12)13-8-9-13/h4,10,12-13H,2-3,5-9H2,1H3/t10-/m0/s1. The van der Waals surface area contributed by atoms with Crippen molar-refractivity contribution in [2.75, 3.05) is 0 Å². The maximum Gasteiger partial charge on any atom is 0.0291 e. The molecular weight excluding hydrogens is 170 g/mol. The molecule has 1 nitrogen and oxygen atoms in total. The summed E-state index contributed by atoms with van der Waals surface area (Å²) in [7, 11) is 0. The summed E-state index contributed by atoms with van der Waals surface area (Å²) in [6, 6.07) is 1.89. The molecule has 14 heavy (non-hydrogen) atoms. The molecule has 3 rings (SSSR count). The van der Waals surface area contributed by atoms with E-state index in [0.29, 0.717) is 0 Å². The zero-order valence-corrected chi connectivity index (χ0v) is 9.21. The summed E-state index contributed by atoms with van der Waals surface area (Å²) in [5, 5.41) is 0. The van der Waals surface area contributed by atoms with Gasteiger partial charge in [0, 0.05) is 17.8 Å². The summed E-state index contributed by atoms with van der Waals surface area (Å²) >= 11 is 0. The fraction of sp³-hybridized carbons (Fsp3) is 0.846. The molecule has 2 fully saturated rings. The van der Waals surface area contributed by atoms with Crippen molar-refractivity contribution in [3.8, 4) is 0 Å². The first-order valence-corrected chi connectivity index (χ1v) is 6.32. The van der Waals surface area contributed by atoms with Gasteiger partial charge in [0.1, 0.15) is 0 Å². The van der Waals surface area contributed by atoms with Crippen LogP contribution in [0.1, 0.15) is 51.9 Å². The summed E-state index contributed by atoms with van der Waals surface area (Å²) < 4.78 is 0. The third-order valence-electron chi connectivity index (χ3n) is 3.86. The molecule has 0 heterocycles. The minimum absolute atomic E-state index is 0.930. The average molecular weight is 191 g/mol. The molecule has 0 aromatic carbocycles. The Bertz CT molecular complexity index is 236. The Balaban J connectivity index is 1.71. The maximum atomic E-state index is 2.78. The highest BCUT2D eigenvalue weighted by molar-refractivity contribution is 5.13. The van der Waals surface area contributed by atoms with Crippen molar-refractivity contribution in [2.45, 2.75) is 64.0 Å². The molecule has 0 saturated heterocycles. The van der Waals surface area contributed by atoms with Crippen molar-refractivity contribution in [1.29, 1.82) is 0 Å². The molecule has 1 heteroatoms. The van der Waals surface area contributed by atoms with Gasteiger partial charge in [-0.1, -0.05) is 13.0 Å². The van der Waals surface area contributed by atoms with Crippen LogP contribution in [0.25, 0.3) is 0 Å². The lowest BCUT2D eigenvalue weighted by Gasteiger charge is -2.31. The van der Waals surface area contributed by atoms with Gasteiger partial charge in [-0.2, -0.15) is 0 Å². The summed E-state index contributed by atoms with van der Waals surface area (Å²) in [6.07, 6.45) is 12.5. The van der Waals surface area contributed by atoms with E-state index in [4.69, 9.17) is 0 Å². The SMILES string of the molecule is C[C@H]1CC=C(N(C2CC2)C2CC2)CC1. The van der Waals surface area contributed by atoms with Crippen molar-refractivity contribution < 1.29 is 0 Å². The Morgan fingerprint density at radius 1 is 1.07 bits per heavy atom. The van der Waals surface area contributed by atoms with Crippen molar-refractivity contribution in [2.24, 2.45) is 5.92 Å². The van der Waals surface area contributed by atoms with Crippen LogP contribution in [0.3, 0.4) is 0 Å². The van der Waals surface area contributed by atoms with Crippen LogP contribution in [0, 0.1) is 5.92 Å². The van der Waals surface area contributed by atoms with E-state index in [0.717, 1.165) is 18.0 Å². The van der Waals surface area contributed by atoms with E-state index in [-0.39, 0.29) is 0 Å². The zero-order chi connectivity index (χ0) is 9.54. The Labute approximate surface area is 87.2 Å². The second-order valence-electron chi connectivity index (χ2n) is 5.44. The second kappa shape index (κ2) is 3.29. The molecule has 78 valence electrons. The van der Waals surface area contributed by atoms with Gasteiger partial charge in [-0.05, 0) is 50.9 Å². The molecule has 2 saturated carbocycles. The van der Waals surface area contributed by atoms with Gasteiger partial charge >= 0.3 is 0 Å². The van der Waals surface area contributed by atoms with Gasteiger partial charge in [0.2, 0.25) is 0 Å². The highest BCUT2D eigenvalue weighted by Gasteiger charge is 2.40. The van der Waals surface area contributed by atoms with Crippen molar-refractivity contribution in [1.82, 2.24) is 4.90 Å². The van der Waals surface area contributed by atoms with E-state index in [2.05, 4.69) is 17.9 Å². The van der Waals surface area contributed by atoms with E-state index in [1.54, 1.807) is 5.70 Å². The van der Waals surface area contributed by atoms with Crippen LogP contribution in [0.15, 0.2) is 11.8 Å². The molecule has 0 radical (unpaired) electrons. The Kier molecular flexibility index (Phi) is 2.07. The Hall–Kier alpha value is -0.460. The number of allylic oxidation sites excluding steroid dienone is 2. The van der Waals surface area contributed by atoms with Crippen molar-refractivity contribution >= 4 is 0 Å². The fourth-order valence-electron chi connectivity index (χ4n) is 2.66. The predicted molar refractivity (Wildman–Crippen MR) is 59.0 cm³/mol. The first-order valence-electron chi connectivity index (χ1n) is 6.32. The summed E-state index contributed by atoms with van der Waals surface area (Å²) in [6.45, 7) is 2.38. The molecule has 0 aliphatic heterocycles. The molecule has 0 N–H and O–H groups in total. The van der Waals surface area contributed by atoms with Crippen LogP contribution in [-0.4, -0.2) is 17.0 Å². The average Bonchev–Trinajstić information content (AvgIpc) is 3.00. The third kappa shape index (κ3) is 1.69. The fourth-order valence-corrected chi connectivity index (χ4v) is 2.66. The molecule has 0 bridgehead atoms. The van der Waals surface area contributed by atoms with Crippen LogP contribution >= 0.6 is 0 Å². The van der Waals surface area contributed by atoms with Gasteiger partial charge in [0.15, 0.2) is 0 Å². The summed E-state index contributed by atoms with van der Waals surface area (Å²) in [5.41, 5.74) is 1.70. The lowest BCUT2D eigenvalue weighted by atomic mass is 9.93. The highest BCUT2D eigenvalue weighted by Crippen LogP contribution is 2.42. The lowest BCUT2D eigenvalue weighted by Crippen LogP contribution is -2.29. The van der Waals surface area contributed by atoms with Crippen molar-refractivity contribution in [3.63, 3.8) is 0 Å². The number of rotatable bonds is 3.